The van der Waals surface area contributed by atoms with Crippen molar-refractivity contribution < 1.29 is 48.6 Å². The maximum atomic E-state index is 15.5. The second-order valence-electron chi connectivity index (χ2n) is 15.2. The topological polar surface area (TPSA) is 128 Å². The molecule has 8 rings (SSSR count). The first-order chi connectivity index (χ1) is 27.2. The highest BCUT2D eigenvalue weighted by Crippen LogP contribution is 2.66. The monoisotopic (exact) mass is 854 g/mol. The molecule has 0 bridgehead atoms. The fraction of sp³-hybridized carbons (Fsp3) is 0.432. The van der Waals surface area contributed by atoms with Gasteiger partial charge >= 0.3 is 12.1 Å². The van der Waals surface area contributed by atoms with Crippen molar-refractivity contribution in [1.29, 1.82) is 0 Å². The third kappa shape index (κ3) is 7.38. The maximum Gasteiger partial charge on any atom is 0.420 e. The van der Waals surface area contributed by atoms with Crippen LogP contribution in [0.3, 0.4) is 0 Å². The van der Waals surface area contributed by atoms with E-state index in [0.717, 1.165) is 18.4 Å². The van der Waals surface area contributed by atoms with Crippen LogP contribution in [0.15, 0.2) is 58.8 Å². The number of nitrogens with zero attached hydrogens (tertiary/aromatic N) is 7. The number of sulfonamides is 1. The third-order valence-corrected chi connectivity index (χ3v) is 11.8. The van der Waals surface area contributed by atoms with E-state index in [9.17, 15) is 35.2 Å². The van der Waals surface area contributed by atoms with Gasteiger partial charge in [-0.05, 0) is 66.8 Å². The van der Waals surface area contributed by atoms with E-state index in [0.29, 0.717) is 59.4 Å². The Hall–Kier alpha value is -4.82. The molecular weight excluding hydrogens is 819 g/mol. The second kappa shape index (κ2) is 14.2. The van der Waals surface area contributed by atoms with Crippen molar-refractivity contribution in [3.63, 3.8) is 0 Å². The summed E-state index contributed by atoms with van der Waals surface area (Å²) in [4.78, 5) is 23.1. The van der Waals surface area contributed by atoms with E-state index in [4.69, 9.17) is 16.6 Å². The molecule has 2 fully saturated rings. The van der Waals surface area contributed by atoms with E-state index >= 15 is 8.78 Å². The van der Waals surface area contributed by atoms with Gasteiger partial charge in [-0.2, -0.15) is 27.1 Å². The van der Waals surface area contributed by atoms with Crippen LogP contribution in [0.4, 0.5) is 42.4 Å². The Bertz CT molecular complexity index is 2520. The van der Waals surface area contributed by atoms with Gasteiger partial charge in [0.05, 0.1) is 33.9 Å². The summed E-state index contributed by atoms with van der Waals surface area (Å²) in [5, 5.41) is 11.0. The van der Waals surface area contributed by atoms with Gasteiger partial charge in [-0.25, -0.2) is 22.2 Å². The lowest BCUT2D eigenvalue weighted by molar-refractivity contribution is -0.549. The fourth-order valence-electron chi connectivity index (χ4n) is 8.33. The molecule has 12 nitrogen and oxygen atoms in total. The van der Waals surface area contributed by atoms with Gasteiger partial charge in [0.25, 0.3) is 18.1 Å². The van der Waals surface area contributed by atoms with Crippen molar-refractivity contribution in [2.24, 2.45) is 24.0 Å². The number of amides is 1. The Morgan fingerprint density at radius 3 is 2.36 bits per heavy atom. The number of fused-ring (bicyclic) bond motifs is 3. The summed E-state index contributed by atoms with van der Waals surface area (Å²) in [6.07, 6.45) is -4.46. The minimum Gasteiger partial charge on any atom is -0.354 e. The molecule has 4 atom stereocenters. The highest BCUT2D eigenvalue weighted by atomic mass is 35.5. The number of hydrogen-bond donors (Lipinski definition) is 2. The predicted molar refractivity (Wildman–Crippen MR) is 199 cm³/mol. The van der Waals surface area contributed by atoms with Gasteiger partial charge in [-0.3, -0.25) is 14.2 Å². The normalized spacial score (nSPS) is 22.2. The first-order valence-corrected chi connectivity index (χ1v) is 20.5. The maximum absolute atomic E-state index is 15.5. The number of aromatic nitrogens is 3. The summed E-state index contributed by atoms with van der Waals surface area (Å²) in [5.74, 6) is -8.41. The molecule has 4 heterocycles. The quantitative estimate of drug-likeness (QED) is 0.147. The molecular formula is C37H36ClF7N9O3S+. The van der Waals surface area contributed by atoms with Crippen molar-refractivity contribution in [2.75, 3.05) is 55.6 Å². The van der Waals surface area contributed by atoms with Crippen LogP contribution in [0, 0.1) is 23.5 Å². The highest BCUT2D eigenvalue weighted by Gasteiger charge is 2.75. The Labute approximate surface area is 332 Å². The number of azo groups is 2. The number of carbonyl (C=O) groups is 1. The zero-order chi connectivity index (χ0) is 41.6. The van der Waals surface area contributed by atoms with E-state index in [1.807, 2.05) is 11.9 Å². The second-order valence-corrected chi connectivity index (χ2v) is 17.3. The van der Waals surface area contributed by atoms with Gasteiger partial charge in [0.15, 0.2) is 5.82 Å². The smallest absolute Gasteiger partial charge is 0.354 e. The van der Waals surface area contributed by atoms with Crippen LogP contribution in [-0.2, 0) is 28.3 Å². The van der Waals surface area contributed by atoms with Gasteiger partial charge in [-0.15, -0.1) is 0 Å². The largest absolute Gasteiger partial charge is 0.420 e. The van der Waals surface area contributed by atoms with Crippen LogP contribution in [0.2, 0.25) is 5.02 Å². The molecule has 1 unspecified atom stereocenters. The number of hydrogen-bond acceptors (Lipinski definition) is 8. The summed E-state index contributed by atoms with van der Waals surface area (Å²) in [5.41, 5.74) is -0.177. The van der Waals surface area contributed by atoms with Crippen LogP contribution >= 0.6 is 11.6 Å². The molecule has 1 saturated carbocycles. The van der Waals surface area contributed by atoms with Crippen LogP contribution < -0.4 is 14.9 Å². The molecule has 0 radical (unpaired) electrons. The first-order valence-electron chi connectivity index (χ1n) is 18.2. The standard InChI is InChI=1S/C37H35ClF7N9O3S/c1-51-8-10-53(11-9-51)27-7-5-21(22-4-6-25(38)30-32(22)52(2)49-35(30)50-58(3,56)57)31(47-27)26(14-18-12-19(39)15-20(40)13-18)46-28(55)17-54-34-29(33(48-54)37(43,44)45)23-16-24(23)36(34,41)42/h4-7,12-13,15,23-24,26,33H,8-11,14,16-17H2,1-3H3,(H-,46,49,50,55)/p+1/t23-,24+,26-,33?/m0/s1. The number of benzene rings is 2. The number of pyridine rings is 1. The highest BCUT2D eigenvalue weighted by molar-refractivity contribution is 7.92. The van der Waals surface area contributed by atoms with E-state index in [1.54, 1.807) is 25.2 Å². The van der Waals surface area contributed by atoms with E-state index in [1.165, 1.54) is 10.7 Å². The van der Waals surface area contributed by atoms with Crippen LogP contribution in [0.25, 0.3) is 22.0 Å². The van der Waals surface area contributed by atoms with E-state index in [2.05, 4.69) is 25.2 Å². The van der Waals surface area contributed by atoms with Gasteiger partial charge in [0, 0.05) is 61.9 Å². The van der Waals surface area contributed by atoms with Gasteiger partial charge in [0.1, 0.15) is 17.5 Å². The predicted octanol–water partition coefficient (Wildman–Crippen LogP) is 6.04. The zero-order valence-corrected chi connectivity index (χ0v) is 32.7. The molecule has 2 aliphatic carbocycles. The van der Waals surface area contributed by atoms with Crippen LogP contribution in [0.1, 0.15) is 23.7 Å². The molecule has 58 heavy (non-hydrogen) atoms. The molecule has 2 N–H and O–H groups in total. The van der Waals surface area contributed by atoms with Crippen molar-refractivity contribution in [2.45, 2.75) is 37.0 Å². The number of allylic oxidation sites excluding steroid dienone is 1. The van der Waals surface area contributed by atoms with Crippen molar-refractivity contribution in [3.05, 3.63) is 81.6 Å². The summed E-state index contributed by atoms with van der Waals surface area (Å²) < 4.78 is 131. The molecule has 0 spiro atoms. The minimum absolute atomic E-state index is 0.0670. The Kier molecular flexibility index (Phi) is 9.77. The van der Waals surface area contributed by atoms with Crippen molar-refractivity contribution in [1.82, 2.24) is 25.0 Å². The molecule has 4 aromatic rings. The number of halogens is 8. The third-order valence-electron chi connectivity index (χ3n) is 10.9. The summed E-state index contributed by atoms with van der Waals surface area (Å²) in [6, 6.07) is 5.51. The lowest BCUT2D eigenvalue weighted by atomic mass is 9.94. The molecule has 4 aliphatic rings. The molecule has 1 amide bonds. The summed E-state index contributed by atoms with van der Waals surface area (Å²) in [6.45, 7) is 1.48. The molecule has 2 aromatic carbocycles. The van der Waals surface area contributed by atoms with E-state index in [-0.39, 0.29) is 40.3 Å². The molecule has 308 valence electrons. The fourth-order valence-corrected chi connectivity index (χ4v) is 9.06. The number of rotatable bonds is 10. The summed E-state index contributed by atoms with van der Waals surface area (Å²) >= 11 is 6.62. The lowest BCUT2D eigenvalue weighted by Crippen LogP contribution is -2.45. The van der Waals surface area contributed by atoms with Crippen LogP contribution in [-0.4, -0.2) is 103 Å². The number of piperazine rings is 1. The minimum atomic E-state index is -4.97. The Morgan fingerprint density at radius 1 is 1.03 bits per heavy atom. The van der Waals surface area contributed by atoms with Crippen LogP contribution in [0.5, 0.6) is 0 Å². The number of anilines is 2. The van der Waals surface area contributed by atoms with Gasteiger partial charge in [0.2, 0.25) is 16.1 Å². The SMILES string of the molecule is CN1CCN(c2ccc(-c3ccc(Cl)c4c(NS(C)(=O)=O)nn(C)c34)c([C@H](Cc3cc(F)cc(F)c3)NC(=O)C[N+]3=NC(C(F)(F)F)C4=C3C(F)(F)[C@@H]3C[C@H]43)n2)CC1. The number of aryl methyl sites for hydroxylation is 1. The first kappa shape index (κ1) is 40.0. The van der Waals surface area contributed by atoms with Crippen molar-refractivity contribution >= 4 is 50.1 Å². The van der Waals surface area contributed by atoms with Gasteiger partial charge < -0.3 is 15.1 Å². The molecule has 1 saturated heterocycles. The Balaban J connectivity index is 1.26. The lowest BCUT2D eigenvalue weighted by Gasteiger charge is -2.34. The Morgan fingerprint density at radius 2 is 1.71 bits per heavy atom. The number of alkyl halides is 5. The van der Waals surface area contributed by atoms with E-state index < -0.39 is 81.4 Å². The molecule has 21 heteroatoms. The van der Waals surface area contributed by atoms with Crippen molar-refractivity contribution in [3.8, 4) is 11.1 Å². The zero-order valence-electron chi connectivity index (χ0n) is 31.1. The number of nitrogens with one attached hydrogen (secondary N) is 2. The molecule has 2 aromatic heterocycles. The van der Waals surface area contributed by atoms with Gasteiger partial charge in [-0.1, -0.05) is 22.4 Å². The number of likely N-dealkylation sites (N-methyl/N-ethyl adjacent to an activating group) is 1. The average Bonchev–Trinajstić information content (AvgIpc) is 3.66. The molecule has 2 aliphatic heterocycles. The summed E-state index contributed by atoms with van der Waals surface area (Å²) in [7, 11) is -0.310. The number of carbonyl (C=O) groups excluding carboxylic acids is 1. The average molecular weight is 855 g/mol.